The number of rotatable bonds is 2. The maximum absolute atomic E-state index is 6.31. The second-order valence-corrected chi connectivity index (χ2v) is 5.28. The smallest absolute Gasteiger partial charge is 0.184 e. The van der Waals surface area contributed by atoms with Crippen LogP contribution in [0.2, 0.25) is 5.02 Å². The molecular weight excluding hydrogens is 296 g/mol. The zero-order valence-corrected chi connectivity index (χ0v) is 12.8. The lowest BCUT2D eigenvalue weighted by atomic mass is 10.3. The molecule has 7 heteroatoms. The number of imidazole rings is 1. The maximum Gasteiger partial charge on any atom is 0.184 e. The Morgan fingerprint density at radius 3 is 2.85 bits per heavy atom. The van der Waals surface area contributed by atoms with Crippen LogP contribution in [0.15, 0.2) is 18.2 Å². The first kappa shape index (κ1) is 13.2. The van der Waals surface area contributed by atoms with E-state index in [-0.39, 0.29) is 0 Å². The minimum absolute atomic E-state index is 0.575. The summed E-state index contributed by atoms with van der Waals surface area (Å²) in [7, 11) is 3.50. The summed E-state index contributed by atoms with van der Waals surface area (Å²) in [5.74, 6) is 0.722. The monoisotopic (exact) mass is 308 g/mol. The maximum atomic E-state index is 6.31. The predicted molar refractivity (Wildman–Crippen MR) is 81.5 cm³/mol. The van der Waals surface area contributed by atoms with E-state index in [9.17, 15) is 0 Å². The van der Waals surface area contributed by atoms with Gasteiger partial charge in [-0.3, -0.25) is 4.57 Å². The van der Waals surface area contributed by atoms with E-state index in [4.69, 9.17) is 28.6 Å². The first-order valence-corrected chi connectivity index (χ1v) is 6.79. The molecule has 0 aliphatic rings. The summed E-state index contributed by atoms with van der Waals surface area (Å²) in [6, 6.07) is 5.46. The van der Waals surface area contributed by atoms with E-state index in [1.807, 2.05) is 30.7 Å². The van der Waals surface area contributed by atoms with Crippen molar-refractivity contribution in [1.82, 2.24) is 19.3 Å². The van der Waals surface area contributed by atoms with E-state index in [0.29, 0.717) is 9.79 Å². The van der Waals surface area contributed by atoms with Crippen LogP contribution in [-0.4, -0.2) is 26.4 Å². The van der Waals surface area contributed by atoms with Gasteiger partial charge in [-0.1, -0.05) is 11.6 Å². The van der Waals surface area contributed by atoms with E-state index < -0.39 is 0 Å². The van der Waals surface area contributed by atoms with Gasteiger partial charge < -0.3 is 9.72 Å². The fourth-order valence-corrected chi connectivity index (χ4v) is 2.81. The number of methoxy groups -OCH3 is 1. The molecule has 1 aromatic carbocycles. The van der Waals surface area contributed by atoms with Crippen LogP contribution in [0.4, 0.5) is 0 Å². The summed E-state index contributed by atoms with van der Waals surface area (Å²) in [5, 5.41) is 4.99. The number of benzene rings is 1. The standard InChI is InChI=1S/C13H13ClN4OS/c1-7-11-12(17(2)16-7)18(13(20)15-11)10-6-8(19-3)4-5-9(10)14/h4-6H,1-3H3,(H,15,20). The van der Waals surface area contributed by atoms with Crippen LogP contribution < -0.4 is 4.74 Å². The van der Waals surface area contributed by atoms with Gasteiger partial charge >= 0.3 is 0 Å². The van der Waals surface area contributed by atoms with E-state index in [0.717, 1.165) is 28.3 Å². The van der Waals surface area contributed by atoms with Crippen LogP contribution in [0.3, 0.4) is 0 Å². The molecular formula is C13H13ClN4OS. The highest BCUT2D eigenvalue weighted by atomic mass is 35.5. The van der Waals surface area contributed by atoms with Crippen LogP contribution in [-0.2, 0) is 7.05 Å². The summed E-state index contributed by atoms with van der Waals surface area (Å²) in [6.45, 7) is 1.94. The van der Waals surface area contributed by atoms with E-state index in [2.05, 4.69) is 10.1 Å². The molecule has 0 bridgehead atoms. The average Bonchev–Trinajstić information content (AvgIpc) is 2.89. The number of ether oxygens (including phenoxy) is 1. The fraction of sp³-hybridized carbons (Fsp3) is 0.231. The number of hydrogen-bond donors (Lipinski definition) is 1. The Morgan fingerprint density at radius 1 is 1.40 bits per heavy atom. The number of fused-ring (bicyclic) bond motifs is 1. The largest absolute Gasteiger partial charge is 0.497 e. The molecule has 0 saturated heterocycles. The Hall–Kier alpha value is -1.79. The number of aromatic nitrogens is 4. The molecule has 0 atom stereocenters. The highest BCUT2D eigenvalue weighted by Crippen LogP contribution is 2.29. The zero-order chi connectivity index (χ0) is 14.4. The van der Waals surface area contributed by atoms with Crippen molar-refractivity contribution >= 4 is 35.0 Å². The molecule has 0 aliphatic heterocycles. The van der Waals surface area contributed by atoms with Crippen molar-refractivity contribution in [3.63, 3.8) is 0 Å². The molecule has 0 amide bonds. The number of halogens is 1. The number of aromatic amines is 1. The number of nitrogens with one attached hydrogen (secondary N) is 1. The highest BCUT2D eigenvalue weighted by molar-refractivity contribution is 7.71. The predicted octanol–water partition coefficient (Wildman–Crippen LogP) is 3.39. The van der Waals surface area contributed by atoms with Crippen molar-refractivity contribution in [3.05, 3.63) is 33.7 Å². The third kappa shape index (κ3) is 1.83. The quantitative estimate of drug-likeness (QED) is 0.738. The van der Waals surface area contributed by atoms with Gasteiger partial charge in [-0.2, -0.15) is 5.10 Å². The van der Waals surface area contributed by atoms with Gasteiger partial charge in [0.2, 0.25) is 0 Å². The van der Waals surface area contributed by atoms with E-state index >= 15 is 0 Å². The molecule has 1 N–H and O–H groups in total. The van der Waals surface area contributed by atoms with Gasteiger partial charge in [-0.25, -0.2) is 4.68 Å². The molecule has 0 spiro atoms. The van der Waals surface area contributed by atoms with Gasteiger partial charge in [0.05, 0.1) is 23.5 Å². The third-order valence-electron chi connectivity index (χ3n) is 3.23. The first-order chi connectivity index (χ1) is 9.52. The van der Waals surface area contributed by atoms with Crippen molar-refractivity contribution in [2.24, 2.45) is 7.05 Å². The van der Waals surface area contributed by atoms with E-state index in [1.54, 1.807) is 17.9 Å². The number of H-pyrrole nitrogens is 1. The average molecular weight is 309 g/mol. The lowest BCUT2D eigenvalue weighted by molar-refractivity contribution is 0.414. The van der Waals surface area contributed by atoms with Crippen molar-refractivity contribution in [2.75, 3.05) is 7.11 Å². The van der Waals surface area contributed by atoms with Crippen LogP contribution in [0.1, 0.15) is 5.69 Å². The Morgan fingerprint density at radius 2 is 2.15 bits per heavy atom. The van der Waals surface area contributed by atoms with Gasteiger partial charge in [0.25, 0.3) is 0 Å². The molecule has 104 valence electrons. The van der Waals surface area contributed by atoms with Crippen molar-refractivity contribution in [1.29, 1.82) is 0 Å². The summed E-state index contributed by atoms with van der Waals surface area (Å²) in [5.41, 5.74) is 3.45. The Kier molecular flexibility index (Phi) is 3.07. The molecule has 0 aliphatic carbocycles. The van der Waals surface area contributed by atoms with Crippen LogP contribution in [0.5, 0.6) is 5.75 Å². The van der Waals surface area contributed by atoms with Gasteiger partial charge in [-0.05, 0) is 31.3 Å². The summed E-state index contributed by atoms with van der Waals surface area (Å²) < 4.78 is 9.49. The minimum Gasteiger partial charge on any atom is -0.497 e. The minimum atomic E-state index is 0.575. The van der Waals surface area contributed by atoms with E-state index in [1.165, 1.54) is 0 Å². The second-order valence-electron chi connectivity index (χ2n) is 4.49. The summed E-state index contributed by atoms with van der Waals surface area (Å²) in [4.78, 5) is 3.17. The molecule has 3 rings (SSSR count). The lowest BCUT2D eigenvalue weighted by Gasteiger charge is -2.09. The normalized spacial score (nSPS) is 11.2. The molecule has 0 saturated carbocycles. The number of aryl methyl sites for hydroxylation is 2. The van der Waals surface area contributed by atoms with Gasteiger partial charge in [-0.15, -0.1) is 0 Å². The summed E-state index contributed by atoms with van der Waals surface area (Å²) >= 11 is 11.7. The van der Waals surface area contributed by atoms with Crippen LogP contribution in [0, 0.1) is 11.7 Å². The molecule has 0 unspecified atom stereocenters. The van der Waals surface area contributed by atoms with Crippen molar-refractivity contribution < 1.29 is 4.74 Å². The highest BCUT2D eigenvalue weighted by Gasteiger charge is 2.16. The molecule has 3 aromatic rings. The topological polar surface area (TPSA) is 47.8 Å². The Bertz CT molecular complexity index is 861. The molecule has 2 heterocycles. The Balaban J connectivity index is 2.40. The molecule has 20 heavy (non-hydrogen) atoms. The molecule has 0 radical (unpaired) electrons. The van der Waals surface area contributed by atoms with Gasteiger partial charge in [0.1, 0.15) is 11.3 Å². The first-order valence-electron chi connectivity index (χ1n) is 6.01. The Labute approximate surface area is 125 Å². The molecule has 5 nitrogen and oxygen atoms in total. The zero-order valence-electron chi connectivity index (χ0n) is 11.3. The fourth-order valence-electron chi connectivity index (χ4n) is 2.32. The van der Waals surface area contributed by atoms with Crippen molar-refractivity contribution in [2.45, 2.75) is 6.92 Å². The second kappa shape index (κ2) is 4.64. The SMILES string of the molecule is COc1ccc(Cl)c(-n2c(=S)[nH]c3c(C)nn(C)c32)c1. The van der Waals surface area contributed by atoms with Crippen LogP contribution in [0.25, 0.3) is 16.9 Å². The summed E-state index contributed by atoms with van der Waals surface area (Å²) in [6.07, 6.45) is 0. The van der Waals surface area contributed by atoms with Gasteiger partial charge in [0, 0.05) is 13.1 Å². The number of hydrogen-bond acceptors (Lipinski definition) is 3. The molecule has 2 aromatic heterocycles. The lowest BCUT2D eigenvalue weighted by Crippen LogP contribution is -2.01. The van der Waals surface area contributed by atoms with Gasteiger partial charge in [0.15, 0.2) is 10.4 Å². The van der Waals surface area contributed by atoms with Crippen molar-refractivity contribution in [3.8, 4) is 11.4 Å². The van der Waals surface area contributed by atoms with Crippen LogP contribution >= 0.6 is 23.8 Å². The third-order valence-corrected chi connectivity index (χ3v) is 3.84. The number of nitrogens with zero attached hydrogens (tertiary/aromatic N) is 3. The molecule has 0 fully saturated rings.